The molecular weight excluding hydrogens is 336 g/mol. The first-order chi connectivity index (χ1) is 10.1. The number of anilines is 1. The van der Waals surface area contributed by atoms with Gasteiger partial charge in [-0.25, -0.2) is 4.72 Å². The first-order valence-electron chi connectivity index (χ1n) is 6.26. The molecule has 1 aliphatic heterocycles. The number of rotatable bonds is 7. The Kier molecular flexibility index (Phi) is 6.24. The second-order valence-electron chi connectivity index (χ2n) is 4.37. The SMILES string of the molecule is NSc1cc2c(cc1Cl)NC(CCCCO[N+](=O)[O-])NS2. The molecule has 1 unspecified atom stereocenters. The summed E-state index contributed by atoms with van der Waals surface area (Å²) >= 11 is 8.78. The third kappa shape index (κ3) is 4.82. The Hall–Kier alpha value is -0.870. The minimum atomic E-state index is -0.766. The molecule has 0 fully saturated rings. The molecule has 0 amide bonds. The van der Waals surface area contributed by atoms with Gasteiger partial charge in [-0.2, -0.15) is 0 Å². The van der Waals surface area contributed by atoms with Crippen LogP contribution in [0.1, 0.15) is 19.3 Å². The molecule has 0 aromatic heterocycles. The number of fused-ring (bicyclic) bond motifs is 1. The van der Waals surface area contributed by atoms with Gasteiger partial charge in [0.2, 0.25) is 0 Å². The van der Waals surface area contributed by atoms with Crippen molar-refractivity contribution in [3.05, 3.63) is 27.3 Å². The maximum absolute atomic E-state index is 10.0. The van der Waals surface area contributed by atoms with Gasteiger partial charge in [-0.1, -0.05) is 11.6 Å². The lowest BCUT2D eigenvalue weighted by atomic mass is 10.2. The van der Waals surface area contributed by atoms with Gasteiger partial charge in [0.05, 0.1) is 23.5 Å². The molecule has 0 spiro atoms. The normalized spacial score (nSPS) is 17.0. The van der Waals surface area contributed by atoms with Gasteiger partial charge in [0.15, 0.2) is 0 Å². The van der Waals surface area contributed by atoms with E-state index in [1.54, 1.807) is 0 Å². The molecule has 0 radical (unpaired) electrons. The summed E-state index contributed by atoms with van der Waals surface area (Å²) in [6, 6.07) is 3.80. The molecule has 0 saturated carbocycles. The van der Waals surface area contributed by atoms with E-state index in [-0.39, 0.29) is 12.8 Å². The van der Waals surface area contributed by atoms with Crippen molar-refractivity contribution in [1.82, 2.24) is 4.72 Å². The Morgan fingerprint density at radius 2 is 2.33 bits per heavy atom. The number of halogens is 1. The van der Waals surface area contributed by atoms with Gasteiger partial charge in [-0.15, -0.1) is 10.1 Å². The van der Waals surface area contributed by atoms with Crippen LogP contribution in [0.4, 0.5) is 5.69 Å². The van der Waals surface area contributed by atoms with Crippen LogP contribution in [0.2, 0.25) is 5.02 Å². The maximum atomic E-state index is 10.0. The van der Waals surface area contributed by atoms with E-state index >= 15 is 0 Å². The van der Waals surface area contributed by atoms with Crippen molar-refractivity contribution in [1.29, 1.82) is 0 Å². The second kappa shape index (κ2) is 7.95. The van der Waals surface area contributed by atoms with Gasteiger partial charge >= 0.3 is 0 Å². The number of hydrogen-bond donors (Lipinski definition) is 3. The van der Waals surface area contributed by atoms with Gasteiger partial charge in [0.1, 0.15) is 0 Å². The van der Waals surface area contributed by atoms with Crippen molar-refractivity contribution in [2.75, 3.05) is 11.9 Å². The van der Waals surface area contributed by atoms with Crippen LogP contribution in [0.3, 0.4) is 0 Å². The lowest BCUT2D eigenvalue weighted by Gasteiger charge is -2.28. The fourth-order valence-corrected chi connectivity index (χ4v) is 3.47. The third-order valence-electron chi connectivity index (χ3n) is 2.89. The molecule has 1 aliphatic rings. The predicted molar refractivity (Wildman–Crippen MR) is 84.7 cm³/mol. The summed E-state index contributed by atoms with van der Waals surface area (Å²) in [4.78, 5) is 16.2. The molecule has 1 aromatic rings. The Bertz CT molecular complexity index is 520. The zero-order chi connectivity index (χ0) is 15.2. The molecule has 4 N–H and O–H groups in total. The fraction of sp³-hybridized carbons (Fsp3) is 0.455. The summed E-state index contributed by atoms with van der Waals surface area (Å²) in [6.45, 7) is 0.131. The first-order valence-corrected chi connectivity index (χ1v) is 8.34. The number of nitrogens with zero attached hydrogens (tertiary/aromatic N) is 1. The van der Waals surface area contributed by atoms with Crippen LogP contribution in [-0.4, -0.2) is 17.9 Å². The van der Waals surface area contributed by atoms with E-state index < -0.39 is 5.09 Å². The Morgan fingerprint density at radius 3 is 3.05 bits per heavy atom. The van der Waals surface area contributed by atoms with Gasteiger partial charge in [0.25, 0.3) is 5.09 Å². The van der Waals surface area contributed by atoms with Crippen molar-refractivity contribution < 1.29 is 9.92 Å². The number of unbranched alkanes of at least 4 members (excludes halogenated alkanes) is 1. The lowest BCUT2D eigenvalue weighted by Crippen LogP contribution is -2.35. The van der Waals surface area contributed by atoms with Crippen LogP contribution >= 0.6 is 35.5 Å². The predicted octanol–water partition coefficient (Wildman–Crippen LogP) is 3.03. The van der Waals surface area contributed by atoms with Crippen molar-refractivity contribution >= 4 is 41.2 Å². The Balaban J connectivity index is 1.82. The maximum Gasteiger partial charge on any atom is 0.294 e. The van der Waals surface area contributed by atoms with Gasteiger partial charge in [-0.3, -0.25) is 5.14 Å². The van der Waals surface area contributed by atoms with Crippen LogP contribution < -0.4 is 15.2 Å². The summed E-state index contributed by atoms with van der Waals surface area (Å²) in [6.07, 6.45) is 2.38. The van der Waals surface area contributed by atoms with Crippen molar-refractivity contribution in [2.24, 2.45) is 5.14 Å². The minimum absolute atomic E-state index is 0.0885. The summed E-state index contributed by atoms with van der Waals surface area (Å²) < 4.78 is 3.28. The molecule has 10 heteroatoms. The van der Waals surface area contributed by atoms with Crippen LogP contribution in [0.15, 0.2) is 21.9 Å². The molecule has 1 atom stereocenters. The minimum Gasteiger partial charge on any atom is -0.368 e. The van der Waals surface area contributed by atoms with Crippen LogP contribution in [0, 0.1) is 10.1 Å². The topological polar surface area (TPSA) is 102 Å². The molecule has 2 rings (SSSR count). The number of nitrogens with two attached hydrogens (primary N) is 1. The number of hydrogen-bond acceptors (Lipinski definition) is 8. The molecule has 1 aromatic carbocycles. The van der Waals surface area contributed by atoms with Crippen LogP contribution in [0.25, 0.3) is 0 Å². The van der Waals surface area contributed by atoms with Crippen molar-refractivity contribution in [3.8, 4) is 0 Å². The molecule has 0 bridgehead atoms. The van der Waals surface area contributed by atoms with E-state index in [4.69, 9.17) is 16.7 Å². The monoisotopic (exact) mass is 350 g/mol. The summed E-state index contributed by atoms with van der Waals surface area (Å²) in [5.74, 6) is 0. The highest BCUT2D eigenvalue weighted by atomic mass is 35.5. The molecular formula is C11H15ClN4O3S2. The smallest absolute Gasteiger partial charge is 0.294 e. The second-order valence-corrected chi connectivity index (χ2v) is 6.33. The molecule has 1 heterocycles. The molecule has 116 valence electrons. The average Bonchev–Trinajstić information content (AvgIpc) is 2.45. The van der Waals surface area contributed by atoms with E-state index in [0.717, 1.165) is 40.3 Å². The van der Waals surface area contributed by atoms with Crippen molar-refractivity contribution in [3.63, 3.8) is 0 Å². The summed E-state index contributed by atoms with van der Waals surface area (Å²) in [5.41, 5.74) is 0.966. The highest BCUT2D eigenvalue weighted by Gasteiger charge is 2.19. The number of benzene rings is 1. The largest absolute Gasteiger partial charge is 0.368 e. The molecule has 0 aliphatic carbocycles. The average molecular weight is 351 g/mol. The van der Waals surface area contributed by atoms with E-state index in [9.17, 15) is 10.1 Å². The van der Waals surface area contributed by atoms with E-state index in [1.807, 2.05) is 12.1 Å². The highest BCUT2D eigenvalue weighted by molar-refractivity contribution is 7.98. The van der Waals surface area contributed by atoms with Crippen LogP contribution in [0.5, 0.6) is 0 Å². The molecule has 21 heavy (non-hydrogen) atoms. The summed E-state index contributed by atoms with van der Waals surface area (Å²) in [7, 11) is 0. The number of nitrogens with one attached hydrogen (secondary N) is 2. The summed E-state index contributed by atoms with van der Waals surface area (Å²) in [5, 5.41) is 18.8. The van der Waals surface area contributed by atoms with Crippen LogP contribution in [-0.2, 0) is 4.84 Å². The van der Waals surface area contributed by atoms with Crippen molar-refractivity contribution in [2.45, 2.75) is 35.2 Å². The standard InChI is InChI=1S/C11H15ClN4O3S2/c12-7-5-8-10(6-9(7)20-13)21-15-11(14-8)3-1-2-4-19-16(17)18/h5-6,11,14-15H,1-4,13H2. The van der Waals surface area contributed by atoms with E-state index in [2.05, 4.69) is 14.9 Å². The molecule has 7 nitrogen and oxygen atoms in total. The lowest BCUT2D eigenvalue weighted by molar-refractivity contribution is -0.757. The zero-order valence-corrected chi connectivity index (χ0v) is 13.4. The van der Waals surface area contributed by atoms with Gasteiger partial charge in [0, 0.05) is 9.79 Å². The fourth-order valence-electron chi connectivity index (χ4n) is 1.89. The Labute approximate surface area is 135 Å². The van der Waals surface area contributed by atoms with E-state index in [0.29, 0.717) is 11.4 Å². The highest BCUT2D eigenvalue weighted by Crippen LogP contribution is 2.37. The third-order valence-corrected chi connectivity index (χ3v) is 4.86. The molecule has 0 saturated heterocycles. The zero-order valence-electron chi connectivity index (χ0n) is 11.0. The van der Waals surface area contributed by atoms with Gasteiger partial charge in [-0.05, 0) is 55.3 Å². The van der Waals surface area contributed by atoms with Gasteiger partial charge < -0.3 is 10.2 Å². The van der Waals surface area contributed by atoms with E-state index in [1.165, 1.54) is 11.9 Å². The first kappa shape index (κ1) is 16.5. The quantitative estimate of drug-likeness (QED) is 0.298. The Morgan fingerprint density at radius 1 is 1.52 bits per heavy atom.